The number of amides is 1. The molecule has 3 rings (SSSR count). The van der Waals surface area contributed by atoms with Crippen LogP contribution in [0.15, 0.2) is 59.0 Å². The number of nitrogens with zero attached hydrogens (tertiary/aromatic N) is 1. The van der Waals surface area contributed by atoms with Crippen molar-refractivity contribution in [3.05, 3.63) is 66.1 Å². The third-order valence-electron chi connectivity index (χ3n) is 6.05. The summed E-state index contributed by atoms with van der Waals surface area (Å²) in [4.78, 5) is 15.2. The van der Waals surface area contributed by atoms with Crippen LogP contribution >= 0.6 is 0 Å². The molecule has 5 heteroatoms. The highest BCUT2D eigenvalue weighted by Crippen LogP contribution is 2.22. The largest absolute Gasteiger partial charge is 0.486 e. The van der Waals surface area contributed by atoms with E-state index in [0.29, 0.717) is 11.5 Å². The number of carbonyl (C=O) groups excluding carboxylic acids is 1. The molecule has 0 fully saturated rings. The Morgan fingerprint density at radius 1 is 0.941 bits per heavy atom. The Hall–Kier alpha value is -2.79. The summed E-state index contributed by atoms with van der Waals surface area (Å²) in [6.07, 6.45) is 7.37. The zero-order chi connectivity index (χ0) is 24.2. The molecular formula is C29H40N2O3. The third-order valence-corrected chi connectivity index (χ3v) is 6.05. The van der Waals surface area contributed by atoms with E-state index in [2.05, 4.69) is 43.1 Å². The predicted molar refractivity (Wildman–Crippen MR) is 139 cm³/mol. The molecular weight excluding hydrogens is 424 g/mol. The highest BCUT2D eigenvalue weighted by atomic mass is 16.5. The van der Waals surface area contributed by atoms with Gasteiger partial charge in [-0.15, -0.1) is 0 Å². The lowest BCUT2D eigenvalue weighted by molar-refractivity contribution is 0.0896. The SMILES string of the molecule is CCCCCN(CCCCC)CC(C)NC(=O)c1ccc(COc2ccc3ccccc3c2)o1. The van der Waals surface area contributed by atoms with Crippen molar-refractivity contribution in [2.75, 3.05) is 19.6 Å². The van der Waals surface area contributed by atoms with Crippen molar-refractivity contribution in [3.63, 3.8) is 0 Å². The lowest BCUT2D eigenvalue weighted by atomic mass is 10.1. The van der Waals surface area contributed by atoms with Gasteiger partial charge in [0.2, 0.25) is 0 Å². The van der Waals surface area contributed by atoms with E-state index in [4.69, 9.17) is 9.15 Å². The van der Waals surface area contributed by atoms with Crippen molar-refractivity contribution in [3.8, 4) is 5.75 Å². The van der Waals surface area contributed by atoms with Gasteiger partial charge in [-0.1, -0.05) is 69.9 Å². The summed E-state index contributed by atoms with van der Waals surface area (Å²) in [7, 11) is 0. The maximum absolute atomic E-state index is 12.7. The van der Waals surface area contributed by atoms with Crippen molar-refractivity contribution < 1.29 is 13.9 Å². The molecule has 0 saturated heterocycles. The van der Waals surface area contributed by atoms with Gasteiger partial charge in [-0.05, 0) is 67.9 Å². The van der Waals surface area contributed by atoms with Gasteiger partial charge in [-0.3, -0.25) is 4.79 Å². The molecule has 0 aliphatic rings. The van der Waals surface area contributed by atoms with Gasteiger partial charge in [0.15, 0.2) is 5.76 Å². The number of fused-ring (bicyclic) bond motifs is 1. The molecule has 34 heavy (non-hydrogen) atoms. The molecule has 1 amide bonds. The molecule has 0 saturated carbocycles. The molecule has 0 spiro atoms. The molecule has 2 aromatic carbocycles. The Morgan fingerprint density at radius 2 is 1.65 bits per heavy atom. The van der Waals surface area contributed by atoms with E-state index in [1.165, 1.54) is 43.9 Å². The first-order valence-corrected chi connectivity index (χ1v) is 12.8. The van der Waals surface area contributed by atoms with E-state index in [0.717, 1.165) is 30.8 Å². The van der Waals surface area contributed by atoms with Gasteiger partial charge in [0, 0.05) is 12.6 Å². The summed E-state index contributed by atoms with van der Waals surface area (Å²) in [5.74, 6) is 1.56. The lowest BCUT2D eigenvalue weighted by Crippen LogP contribution is -2.42. The molecule has 1 heterocycles. The van der Waals surface area contributed by atoms with Crippen LogP contribution < -0.4 is 10.1 Å². The van der Waals surface area contributed by atoms with Gasteiger partial charge in [0.25, 0.3) is 5.91 Å². The topological polar surface area (TPSA) is 54.7 Å². The molecule has 1 atom stereocenters. The van der Waals surface area contributed by atoms with E-state index < -0.39 is 0 Å². The second-order valence-corrected chi connectivity index (χ2v) is 9.15. The first kappa shape index (κ1) is 25.8. The molecule has 184 valence electrons. The van der Waals surface area contributed by atoms with E-state index in [-0.39, 0.29) is 18.6 Å². The molecule has 1 aromatic heterocycles. The lowest BCUT2D eigenvalue weighted by Gasteiger charge is -2.26. The van der Waals surface area contributed by atoms with Gasteiger partial charge in [0.1, 0.15) is 18.1 Å². The Morgan fingerprint density at radius 3 is 2.35 bits per heavy atom. The van der Waals surface area contributed by atoms with Crippen molar-refractivity contribution in [2.45, 2.75) is 71.9 Å². The second-order valence-electron chi connectivity index (χ2n) is 9.15. The number of carbonyl (C=O) groups is 1. The zero-order valence-electron chi connectivity index (χ0n) is 21.0. The van der Waals surface area contributed by atoms with Crippen LogP contribution in [0.3, 0.4) is 0 Å². The van der Waals surface area contributed by atoms with Gasteiger partial charge in [0.05, 0.1) is 0 Å². The molecule has 0 bridgehead atoms. The van der Waals surface area contributed by atoms with Crippen LogP contribution in [0.4, 0.5) is 0 Å². The average Bonchev–Trinajstić information content (AvgIpc) is 3.32. The fourth-order valence-electron chi connectivity index (χ4n) is 4.18. The minimum Gasteiger partial charge on any atom is -0.486 e. The smallest absolute Gasteiger partial charge is 0.287 e. The van der Waals surface area contributed by atoms with Crippen molar-refractivity contribution >= 4 is 16.7 Å². The average molecular weight is 465 g/mol. The quantitative estimate of drug-likeness (QED) is 0.251. The third kappa shape index (κ3) is 8.21. The number of unbranched alkanes of at least 4 members (excludes halogenated alkanes) is 4. The predicted octanol–water partition coefficient (Wildman–Crippen LogP) is 6.81. The summed E-state index contributed by atoms with van der Waals surface area (Å²) >= 11 is 0. The number of ether oxygens (including phenoxy) is 1. The fraction of sp³-hybridized carbons (Fsp3) is 0.483. The number of hydrogen-bond donors (Lipinski definition) is 1. The van der Waals surface area contributed by atoms with E-state index in [9.17, 15) is 4.79 Å². The molecule has 0 aliphatic carbocycles. The van der Waals surface area contributed by atoms with Gasteiger partial charge >= 0.3 is 0 Å². The van der Waals surface area contributed by atoms with Gasteiger partial charge in [-0.2, -0.15) is 0 Å². The highest BCUT2D eigenvalue weighted by Gasteiger charge is 2.16. The molecule has 0 aliphatic heterocycles. The van der Waals surface area contributed by atoms with Crippen LogP contribution in [0.2, 0.25) is 0 Å². The van der Waals surface area contributed by atoms with Crippen LogP contribution in [0.25, 0.3) is 10.8 Å². The van der Waals surface area contributed by atoms with E-state index in [1.807, 2.05) is 36.4 Å². The number of nitrogens with one attached hydrogen (secondary N) is 1. The Bertz CT molecular complexity index is 1000. The maximum Gasteiger partial charge on any atom is 0.287 e. The fourth-order valence-corrected chi connectivity index (χ4v) is 4.18. The standard InChI is InChI=1S/C29H40N2O3/c1-4-6-10-18-31(19-11-7-5-2)21-23(3)30-29(32)28-17-16-27(34-28)22-33-26-15-14-24-12-8-9-13-25(24)20-26/h8-9,12-17,20,23H,4-7,10-11,18-19,21-22H2,1-3H3,(H,30,32). The summed E-state index contributed by atoms with van der Waals surface area (Å²) in [5.41, 5.74) is 0. The van der Waals surface area contributed by atoms with Crippen LogP contribution in [-0.4, -0.2) is 36.5 Å². The maximum atomic E-state index is 12.7. The zero-order valence-corrected chi connectivity index (χ0v) is 21.0. The first-order valence-electron chi connectivity index (χ1n) is 12.8. The van der Waals surface area contributed by atoms with Crippen LogP contribution in [0.5, 0.6) is 5.75 Å². The second kappa shape index (κ2) is 13.8. The molecule has 0 radical (unpaired) electrons. The van der Waals surface area contributed by atoms with Crippen LogP contribution in [0, 0.1) is 0 Å². The van der Waals surface area contributed by atoms with Gasteiger partial charge < -0.3 is 19.4 Å². The Kier molecular flexibility index (Phi) is 10.5. The number of rotatable bonds is 15. The normalized spacial score (nSPS) is 12.2. The van der Waals surface area contributed by atoms with Gasteiger partial charge in [-0.25, -0.2) is 0 Å². The van der Waals surface area contributed by atoms with Crippen LogP contribution in [-0.2, 0) is 6.61 Å². The molecule has 5 nitrogen and oxygen atoms in total. The minimum absolute atomic E-state index is 0.0538. The minimum atomic E-state index is -0.175. The van der Waals surface area contributed by atoms with Crippen molar-refractivity contribution in [2.24, 2.45) is 0 Å². The van der Waals surface area contributed by atoms with Crippen molar-refractivity contribution in [1.29, 1.82) is 0 Å². The number of furan rings is 1. The summed E-state index contributed by atoms with van der Waals surface area (Å²) in [6, 6.07) is 17.8. The monoisotopic (exact) mass is 464 g/mol. The van der Waals surface area contributed by atoms with E-state index in [1.54, 1.807) is 6.07 Å². The van der Waals surface area contributed by atoms with E-state index >= 15 is 0 Å². The Balaban J connectivity index is 1.48. The van der Waals surface area contributed by atoms with Crippen LogP contribution in [0.1, 0.15) is 75.6 Å². The summed E-state index contributed by atoms with van der Waals surface area (Å²) in [6.45, 7) is 9.85. The highest BCUT2D eigenvalue weighted by molar-refractivity contribution is 5.91. The number of hydrogen-bond acceptors (Lipinski definition) is 4. The molecule has 3 aromatic rings. The molecule has 1 N–H and O–H groups in total. The Labute approximate surface area is 204 Å². The molecule has 1 unspecified atom stereocenters. The summed E-state index contributed by atoms with van der Waals surface area (Å²) < 4.78 is 11.7. The number of benzene rings is 2. The van der Waals surface area contributed by atoms with Crippen molar-refractivity contribution in [1.82, 2.24) is 10.2 Å². The summed E-state index contributed by atoms with van der Waals surface area (Å²) in [5, 5.41) is 5.41. The first-order chi connectivity index (χ1) is 16.6.